The zero-order valence-corrected chi connectivity index (χ0v) is 23.3. The summed E-state index contributed by atoms with van der Waals surface area (Å²) in [6, 6.07) is 19.0. The molecule has 0 aliphatic rings. The predicted molar refractivity (Wildman–Crippen MR) is 149 cm³/mol. The van der Waals surface area contributed by atoms with Gasteiger partial charge in [-0.05, 0) is 82.0 Å². The first-order valence-corrected chi connectivity index (χ1v) is 13.0. The fourth-order valence-electron chi connectivity index (χ4n) is 4.56. The van der Waals surface area contributed by atoms with Crippen LogP contribution < -0.4 is 4.74 Å². The first-order chi connectivity index (χ1) is 18.2. The van der Waals surface area contributed by atoms with Crippen molar-refractivity contribution < 1.29 is 27.4 Å². The first-order valence-electron chi connectivity index (χ1n) is 13.0. The smallest absolute Gasteiger partial charge is 0.456 e. The van der Waals surface area contributed by atoms with E-state index in [9.17, 15) is 18.0 Å². The zero-order chi connectivity index (χ0) is 28.8. The average molecular weight is 540 g/mol. The molecule has 0 radical (unpaired) electrons. The van der Waals surface area contributed by atoms with Gasteiger partial charge in [-0.2, -0.15) is 0 Å². The molecule has 0 aliphatic carbocycles. The molecule has 0 N–H and O–H groups in total. The molecule has 208 valence electrons. The summed E-state index contributed by atoms with van der Waals surface area (Å²) in [5, 5.41) is 0. The number of hydrogen-bond acceptors (Lipinski definition) is 4. The quantitative estimate of drug-likeness (QED) is 0.201. The second kappa shape index (κ2) is 12.5. The Morgan fingerprint density at radius 2 is 1.46 bits per heavy atom. The summed E-state index contributed by atoms with van der Waals surface area (Å²) in [7, 11) is 0. The molecular weight excluding hydrogens is 503 g/mol. The number of benzene rings is 3. The van der Waals surface area contributed by atoms with Crippen molar-refractivity contribution in [3.63, 3.8) is 0 Å². The lowest BCUT2D eigenvalue weighted by atomic mass is 9.84. The molecule has 3 aromatic carbocycles. The Kier molecular flexibility index (Phi) is 9.59. The number of halogens is 3. The standard InChI is InChI=1S/C32H36F3NO3/c1-7-8-28(24-9-11-26(12-10-24)30(37)39-31(4,5)6)29(36-20-23-18-21(2)17-22(3)19-23)25-13-15-27(16-14-25)38-32(33,34)35/h9-20,28-29H,7-8H2,1-6H3. The Morgan fingerprint density at radius 3 is 1.97 bits per heavy atom. The fourth-order valence-corrected chi connectivity index (χ4v) is 4.56. The van der Waals surface area contributed by atoms with Crippen molar-refractivity contribution in [3.05, 3.63) is 100 Å². The molecule has 39 heavy (non-hydrogen) atoms. The van der Waals surface area contributed by atoms with E-state index in [4.69, 9.17) is 9.73 Å². The molecule has 3 rings (SSSR count). The van der Waals surface area contributed by atoms with Crippen LogP contribution in [0.2, 0.25) is 0 Å². The molecule has 0 saturated carbocycles. The number of rotatable bonds is 9. The van der Waals surface area contributed by atoms with Gasteiger partial charge >= 0.3 is 12.3 Å². The lowest BCUT2D eigenvalue weighted by Crippen LogP contribution is -2.23. The van der Waals surface area contributed by atoms with Gasteiger partial charge in [-0.1, -0.05) is 66.9 Å². The number of aliphatic imine (C=N–C) groups is 1. The van der Waals surface area contributed by atoms with E-state index < -0.39 is 17.9 Å². The zero-order valence-electron chi connectivity index (χ0n) is 23.3. The number of carbonyl (C=O) groups excluding carboxylic acids is 1. The lowest BCUT2D eigenvalue weighted by molar-refractivity contribution is -0.274. The van der Waals surface area contributed by atoms with E-state index in [1.165, 1.54) is 12.1 Å². The van der Waals surface area contributed by atoms with Gasteiger partial charge in [0, 0.05) is 12.1 Å². The predicted octanol–water partition coefficient (Wildman–Crippen LogP) is 8.90. The van der Waals surface area contributed by atoms with E-state index in [-0.39, 0.29) is 17.7 Å². The maximum atomic E-state index is 12.7. The van der Waals surface area contributed by atoms with Gasteiger partial charge in [-0.15, -0.1) is 13.2 Å². The van der Waals surface area contributed by atoms with Crippen LogP contribution in [0.1, 0.15) is 90.7 Å². The summed E-state index contributed by atoms with van der Waals surface area (Å²) in [6.07, 6.45) is -1.30. The number of carbonyl (C=O) groups is 1. The summed E-state index contributed by atoms with van der Waals surface area (Å²) in [4.78, 5) is 17.5. The van der Waals surface area contributed by atoms with Gasteiger partial charge in [0.2, 0.25) is 0 Å². The van der Waals surface area contributed by atoms with Crippen LogP contribution >= 0.6 is 0 Å². The van der Waals surface area contributed by atoms with Crippen LogP contribution in [0.4, 0.5) is 13.2 Å². The molecular formula is C32H36F3NO3. The van der Waals surface area contributed by atoms with Crippen molar-refractivity contribution >= 4 is 12.2 Å². The van der Waals surface area contributed by atoms with Crippen molar-refractivity contribution in [2.24, 2.45) is 4.99 Å². The highest BCUT2D eigenvalue weighted by Crippen LogP contribution is 2.39. The second-order valence-corrected chi connectivity index (χ2v) is 10.8. The molecule has 0 aromatic heterocycles. The fraction of sp³-hybridized carbons (Fsp3) is 0.375. The van der Waals surface area contributed by atoms with E-state index in [0.717, 1.165) is 40.7 Å². The topological polar surface area (TPSA) is 47.9 Å². The summed E-state index contributed by atoms with van der Waals surface area (Å²) in [5.74, 6) is -0.762. The van der Waals surface area contributed by atoms with Crippen LogP contribution in [0.3, 0.4) is 0 Å². The normalized spacial score (nSPS) is 13.8. The van der Waals surface area contributed by atoms with Gasteiger partial charge in [0.15, 0.2) is 0 Å². The number of hydrogen-bond donors (Lipinski definition) is 0. The Bertz CT molecular complexity index is 1250. The van der Waals surface area contributed by atoms with Crippen LogP contribution in [0.25, 0.3) is 0 Å². The lowest BCUT2D eigenvalue weighted by Gasteiger charge is -2.26. The van der Waals surface area contributed by atoms with Crippen molar-refractivity contribution in [1.82, 2.24) is 0 Å². The number of alkyl halides is 3. The van der Waals surface area contributed by atoms with Gasteiger partial charge in [0.25, 0.3) is 0 Å². The molecule has 0 bridgehead atoms. The van der Waals surface area contributed by atoms with Gasteiger partial charge in [0.1, 0.15) is 11.4 Å². The molecule has 2 atom stereocenters. The summed E-state index contributed by atoms with van der Waals surface area (Å²) >= 11 is 0. The number of ether oxygens (including phenoxy) is 2. The van der Waals surface area contributed by atoms with E-state index in [0.29, 0.717) is 5.56 Å². The largest absolute Gasteiger partial charge is 0.573 e. The van der Waals surface area contributed by atoms with Crippen LogP contribution in [0.5, 0.6) is 5.75 Å². The molecule has 0 amide bonds. The third-order valence-corrected chi connectivity index (χ3v) is 6.04. The minimum absolute atomic E-state index is 0.0840. The highest BCUT2D eigenvalue weighted by atomic mass is 19.4. The van der Waals surface area contributed by atoms with Crippen molar-refractivity contribution in [1.29, 1.82) is 0 Å². The van der Waals surface area contributed by atoms with Crippen LogP contribution in [-0.4, -0.2) is 24.1 Å². The molecule has 0 spiro atoms. The van der Waals surface area contributed by atoms with Gasteiger partial charge in [-0.3, -0.25) is 4.99 Å². The summed E-state index contributed by atoms with van der Waals surface area (Å²) in [6.45, 7) is 11.6. The van der Waals surface area contributed by atoms with E-state index in [1.807, 2.05) is 65.1 Å². The third kappa shape index (κ3) is 9.27. The van der Waals surface area contributed by atoms with Crippen molar-refractivity contribution in [3.8, 4) is 5.75 Å². The number of esters is 1. The molecule has 0 aliphatic heterocycles. The number of nitrogens with zero attached hydrogens (tertiary/aromatic N) is 1. The Hall–Kier alpha value is -3.61. The average Bonchev–Trinajstić information content (AvgIpc) is 2.82. The van der Waals surface area contributed by atoms with Gasteiger partial charge in [-0.25, -0.2) is 4.79 Å². The maximum absolute atomic E-state index is 12.7. The first kappa shape index (κ1) is 29.9. The molecule has 0 saturated heterocycles. The minimum Gasteiger partial charge on any atom is -0.456 e. The molecule has 4 nitrogen and oxygen atoms in total. The SMILES string of the molecule is CCCC(c1ccc(C(=O)OC(C)(C)C)cc1)C(N=Cc1cc(C)cc(C)c1)c1ccc(OC(F)(F)F)cc1. The van der Waals surface area contributed by atoms with Gasteiger partial charge in [0.05, 0.1) is 11.6 Å². The minimum atomic E-state index is -4.76. The number of aryl methyl sites for hydroxylation is 2. The Labute approximate surface area is 228 Å². The molecule has 7 heteroatoms. The van der Waals surface area contributed by atoms with Crippen LogP contribution in [-0.2, 0) is 4.74 Å². The highest BCUT2D eigenvalue weighted by molar-refractivity contribution is 5.89. The molecule has 3 aromatic rings. The Morgan fingerprint density at radius 1 is 0.897 bits per heavy atom. The van der Waals surface area contributed by atoms with Gasteiger partial charge < -0.3 is 9.47 Å². The third-order valence-electron chi connectivity index (χ3n) is 6.04. The maximum Gasteiger partial charge on any atom is 0.573 e. The molecule has 0 fully saturated rings. The van der Waals surface area contributed by atoms with Crippen LogP contribution in [0.15, 0.2) is 71.7 Å². The van der Waals surface area contributed by atoms with Crippen molar-refractivity contribution in [2.45, 2.75) is 78.3 Å². The Balaban J connectivity index is 2.01. The van der Waals surface area contributed by atoms with E-state index in [1.54, 1.807) is 24.3 Å². The molecule has 0 heterocycles. The summed E-state index contributed by atoms with van der Waals surface area (Å²) in [5.41, 5.74) is 4.77. The van der Waals surface area contributed by atoms with Crippen molar-refractivity contribution in [2.75, 3.05) is 0 Å². The van der Waals surface area contributed by atoms with E-state index in [2.05, 4.69) is 17.7 Å². The molecule has 2 unspecified atom stereocenters. The monoisotopic (exact) mass is 539 g/mol. The second-order valence-electron chi connectivity index (χ2n) is 10.8. The van der Waals surface area contributed by atoms with E-state index >= 15 is 0 Å². The van der Waals surface area contributed by atoms with Crippen LogP contribution in [0, 0.1) is 13.8 Å². The highest BCUT2D eigenvalue weighted by Gasteiger charge is 2.31. The summed E-state index contributed by atoms with van der Waals surface area (Å²) < 4.78 is 47.7.